The van der Waals surface area contributed by atoms with Gasteiger partial charge in [-0.1, -0.05) is 6.92 Å². The van der Waals surface area contributed by atoms with Crippen LogP contribution >= 0.6 is 27.7 Å². The molecule has 7 heteroatoms. The maximum absolute atomic E-state index is 11.7. The lowest BCUT2D eigenvalue weighted by Crippen LogP contribution is -2.54. The normalized spacial score (nSPS) is 26.0. The van der Waals surface area contributed by atoms with Crippen molar-refractivity contribution in [2.45, 2.75) is 30.6 Å². The van der Waals surface area contributed by atoms with Gasteiger partial charge >= 0.3 is 0 Å². The maximum Gasteiger partial charge on any atom is 0.282 e. The van der Waals surface area contributed by atoms with Gasteiger partial charge in [-0.15, -0.1) is 0 Å². The minimum Gasteiger partial charge on any atom is -0.387 e. The number of thioether (sulfide) groups is 1. The monoisotopic (exact) mass is 347 g/mol. The summed E-state index contributed by atoms with van der Waals surface area (Å²) in [6.45, 7) is 2.54. The second kappa shape index (κ2) is 5.85. The van der Waals surface area contributed by atoms with Crippen LogP contribution in [0.15, 0.2) is 15.5 Å². The Hall–Kier alpha value is -0.530. The van der Waals surface area contributed by atoms with E-state index in [1.54, 1.807) is 25.0 Å². The van der Waals surface area contributed by atoms with E-state index in [4.69, 9.17) is 0 Å². The van der Waals surface area contributed by atoms with Crippen LogP contribution < -0.4 is 10.9 Å². The van der Waals surface area contributed by atoms with Gasteiger partial charge in [0, 0.05) is 18.8 Å². The van der Waals surface area contributed by atoms with Crippen molar-refractivity contribution in [3.63, 3.8) is 0 Å². The molecule has 0 bridgehead atoms. The van der Waals surface area contributed by atoms with Gasteiger partial charge in [0.25, 0.3) is 5.56 Å². The molecule has 1 aromatic rings. The molecule has 1 aromatic heterocycles. The van der Waals surface area contributed by atoms with Gasteiger partial charge in [0.15, 0.2) is 0 Å². The Morgan fingerprint density at radius 1 is 1.74 bits per heavy atom. The first-order chi connectivity index (χ1) is 8.98. The van der Waals surface area contributed by atoms with E-state index in [-0.39, 0.29) is 10.8 Å². The number of aromatic nitrogens is 2. The molecule has 0 aromatic carbocycles. The number of halogens is 1. The van der Waals surface area contributed by atoms with Gasteiger partial charge in [0.05, 0.1) is 17.5 Å². The van der Waals surface area contributed by atoms with Crippen molar-refractivity contribution >= 4 is 33.4 Å². The summed E-state index contributed by atoms with van der Waals surface area (Å²) in [6, 6.07) is 0. The Morgan fingerprint density at radius 3 is 3.05 bits per heavy atom. The molecule has 5 nitrogen and oxygen atoms in total. The Bertz CT molecular complexity index is 522. The molecular formula is C12H18BrN3O2S. The highest BCUT2D eigenvalue weighted by Crippen LogP contribution is 2.41. The van der Waals surface area contributed by atoms with Crippen LogP contribution in [0.3, 0.4) is 0 Å². The van der Waals surface area contributed by atoms with Crippen molar-refractivity contribution in [1.82, 2.24) is 9.78 Å². The lowest BCUT2D eigenvalue weighted by molar-refractivity contribution is -0.0120. The zero-order valence-corrected chi connectivity index (χ0v) is 13.4. The first-order valence-electron chi connectivity index (χ1n) is 6.27. The number of nitrogens with zero attached hydrogens (tertiary/aromatic N) is 2. The van der Waals surface area contributed by atoms with Crippen molar-refractivity contribution in [1.29, 1.82) is 0 Å². The highest BCUT2D eigenvalue weighted by Gasteiger charge is 2.45. The predicted molar refractivity (Wildman–Crippen MR) is 81.8 cm³/mol. The molecule has 2 N–H and O–H groups in total. The van der Waals surface area contributed by atoms with E-state index in [0.717, 1.165) is 18.6 Å². The number of hydrogen-bond acceptors (Lipinski definition) is 5. The van der Waals surface area contributed by atoms with Gasteiger partial charge in [-0.05, 0) is 34.5 Å². The minimum atomic E-state index is -0.679. The lowest BCUT2D eigenvalue weighted by Gasteiger charge is -2.45. The van der Waals surface area contributed by atoms with Crippen LogP contribution in [0.2, 0.25) is 0 Å². The number of hydrogen-bond donors (Lipinski definition) is 2. The molecule has 0 amide bonds. The molecular weight excluding hydrogens is 330 g/mol. The Kier molecular flexibility index (Phi) is 4.58. The number of aliphatic hydroxyl groups is 1. The average Bonchev–Trinajstić information content (AvgIpc) is 2.40. The van der Waals surface area contributed by atoms with Crippen LogP contribution in [0.25, 0.3) is 0 Å². The molecule has 2 atom stereocenters. The fourth-order valence-electron chi connectivity index (χ4n) is 2.12. The van der Waals surface area contributed by atoms with Gasteiger partial charge in [0.1, 0.15) is 4.47 Å². The number of aryl methyl sites for hydroxylation is 1. The molecule has 0 aliphatic heterocycles. The van der Waals surface area contributed by atoms with Crippen LogP contribution in [0.5, 0.6) is 0 Å². The van der Waals surface area contributed by atoms with E-state index in [1.807, 2.05) is 0 Å². The van der Waals surface area contributed by atoms with Crippen LogP contribution in [0, 0.1) is 0 Å². The van der Waals surface area contributed by atoms with Crippen molar-refractivity contribution in [3.05, 3.63) is 21.0 Å². The minimum absolute atomic E-state index is 0.190. The van der Waals surface area contributed by atoms with E-state index >= 15 is 0 Å². The summed E-state index contributed by atoms with van der Waals surface area (Å²) in [5.74, 6) is 1.00. The molecule has 0 unspecified atom stereocenters. The molecule has 1 aliphatic rings. The topological polar surface area (TPSA) is 67.2 Å². The zero-order chi connectivity index (χ0) is 14.0. The molecule has 106 valence electrons. The van der Waals surface area contributed by atoms with Crippen molar-refractivity contribution in [2.24, 2.45) is 7.05 Å². The SMILES string of the molecule is CCS[C@@H]1CC[C@@]1(O)CNc1cnn(C)c(=O)c1Br. The summed E-state index contributed by atoms with van der Waals surface area (Å²) in [4.78, 5) is 11.7. The van der Waals surface area contributed by atoms with Crippen LogP contribution in [0.4, 0.5) is 5.69 Å². The zero-order valence-electron chi connectivity index (χ0n) is 11.0. The molecule has 1 aliphatic carbocycles. The smallest absolute Gasteiger partial charge is 0.282 e. The Morgan fingerprint density at radius 2 is 2.47 bits per heavy atom. The highest BCUT2D eigenvalue weighted by molar-refractivity contribution is 9.10. The standard InChI is InChI=1S/C12H18BrN3O2S/c1-3-19-9-4-5-12(9,18)7-14-8-6-15-16(2)11(17)10(8)13/h6,9,14,18H,3-5,7H2,1-2H3/t9-,12-/m1/s1. The lowest BCUT2D eigenvalue weighted by atomic mass is 9.79. The number of rotatable bonds is 5. The van der Waals surface area contributed by atoms with Gasteiger partial charge in [-0.2, -0.15) is 16.9 Å². The van der Waals surface area contributed by atoms with E-state index in [2.05, 4.69) is 33.3 Å². The summed E-state index contributed by atoms with van der Waals surface area (Å²) >= 11 is 5.05. The van der Waals surface area contributed by atoms with E-state index in [1.165, 1.54) is 4.68 Å². The highest BCUT2D eigenvalue weighted by atomic mass is 79.9. The first kappa shape index (κ1) is 14.9. The second-order valence-corrected chi connectivity index (χ2v) is 7.01. The fraction of sp³-hybridized carbons (Fsp3) is 0.667. The third kappa shape index (κ3) is 2.98. The maximum atomic E-state index is 11.7. The van der Waals surface area contributed by atoms with E-state index in [0.29, 0.717) is 16.7 Å². The molecule has 0 radical (unpaired) electrons. The number of anilines is 1. The quantitative estimate of drug-likeness (QED) is 0.846. The molecule has 0 saturated heterocycles. The van der Waals surface area contributed by atoms with Crippen molar-refractivity contribution in [3.8, 4) is 0 Å². The number of nitrogens with one attached hydrogen (secondary N) is 1. The van der Waals surface area contributed by atoms with Gasteiger partial charge in [-0.3, -0.25) is 4.79 Å². The Labute approximate surface area is 124 Å². The predicted octanol–water partition coefficient (Wildman–Crippen LogP) is 1.60. The summed E-state index contributed by atoms with van der Waals surface area (Å²) in [7, 11) is 1.60. The average molecular weight is 348 g/mol. The summed E-state index contributed by atoms with van der Waals surface area (Å²) < 4.78 is 1.72. The van der Waals surface area contributed by atoms with Crippen molar-refractivity contribution < 1.29 is 5.11 Å². The molecule has 0 spiro atoms. The first-order valence-corrected chi connectivity index (χ1v) is 8.12. The summed E-state index contributed by atoms with van der Waals surface area (Å²) in [5, 5.41) is 17.8. The van der Waals surface area contributed by atoms with Gasteiger partial charge in [-0.25, -0.2) is 4.68 Å². The second-order valence-electron chi connectivity index (χ2n) is 4.74. The molecule has 19 heavy (non-hydrogen) atoms. The molecule has 2 rings (SSSR count). The largest absolute Gasteiger partial charge is 0.387 e. The van der Waals surface area contributed by atoms with E-state index < -0.39 is 5.60 Å². The third-order valence-electron chi connectivity index (χ3n) is 3.47. The van der Waals surface area contributed by atoms with Crippen LogP contribution in [-0.4, -0.2) is 38.0 Å². The van der Waals surface area contributed by atoms with E-state index in [9.17, 15) is 9.90 Å². The molecule has 1 heterocycles. The van der Waals surface area contributed by atoms with Gasteiger partial charge < -0.3 is 10.4 Å². The molecule has 1 fully saturated rings. The van der Waals surface area contributed by atoms with Crippen LogP contribution in [-0.2, 0) is 7.05 Å². The fourth-order valence-corrected chi connectivity index (χ4v) is 3.82. The van der Waals surface area contributed by atoms with Gasteiger partial charge in [0.2, 0.25) is 0 Å². The van der Waals surface area contributed by atoms with Crippen molar-refractivity contribution in [2.75, 3.05) is 17.6 Å². The Balaban J connectivity index is 2.03. The molecule has 1 saturated carbocycles. The summed E-state index contributed by atoms with van der Waals surface area (Å²) in [6.07, 6.45) is 3.44. The third-order valence-corrected chi connectivity index (χ3v) is 5.65. The summed E-state index contributed by atoms with van der Waals surface area (Å²) in [5.41, 5.74) is -0.241. The van der Waals surface area contributed by atoms with Crippen LogP contribution in [0.1, 0.15) is 19.8 Å².